The van der Waals surface area contributed by atoms with Crippen LogP contribution >= 0.6 is 12.2 Å². The first-order valence-corrected chi connectivity index (χ1v) is 8.92. The molecule has 0 unspecified atom stereocenters. The van der Waals surface area contributed by atoms with Gasteiger partial charge in [0, 0.05) is 29.3 Å². The summed E-state index contributed by atoms with van der Waals surface area (Å²) in [5.41, 5.74) is 3.65. The van der Waals surface area contributed by atoms with Crippen LogP contribution in [0, 0.1) is 5.82 Å². The highest BCUT2D eigenvalue weighted by Crippen LogP contribution is 2.19. The van der Waals surface area contributed by atoms with Gasteiger partial charge in [0.15, 0.2) is 5.11 Å². The minimum Gasteiger partial charge on any atom is -0.469 e. The van der Waals surface area contributed by atoms with Gasteiger partial charge in [-0.05, 0) is 60.1 Å². The molecule has 0 atom stereocenters. The molecule has 0 aliphatic carbocycles. The summed E-state index contributed by atoms with van der Waals surface area (Å²) >= 11 is 5.30. The van der Waals surface area contributed by atoms with E-state index in [4.69, 9.17) is 12.2 Å². The summed E-state index contributed by atoms with van der Waals surface area (Å²) in [6, 6.07) is 12.1. The molecule has 140 valence electrons. The number of ether oxygens (including phenoxy) is 1. The van der Waals surface area contributed by atoms with Gasteiger partial charge in [-0.1, -0.05) is 12.1 Å². The molecule has 0 amide bonds. The van der Waals surface area contributed by atoms with Crippen LogP contribution in [-0.4, -0.2) is 29.7 Å². The number of rotatable bonds is 6. The quantitative estimate of drug-likeness (QED) is 0.447. The highest BCUT2D eigenvalue weighted by molar-refractivity contribution is 7.80. The molecule has 0 saturated heterocycles. The van der Waals surface area contributed by atoms with Crippen molar-refractivity contribution in [3.63, 3.8) is 0 Å². The Balaban J connectivity index is 1.49. The predicted octanol–water partition coefficient (Wildman–Crippen LogP) is 3.55. The Morgan fingerprint density at radius 3 is 2.74 bits per heavy atom. The maximum absolute atomic E-state index is 13.4. The van der Waals surface area contributed by atoms with Crippen molar-refractivity contribution in [1.29, 1.82) is 0 Å². The van der Waals surface area contributed by atoms with Crippen molar-refractivity contribution in [3.05, 3.63) is 65.6 Å². The fourth-order valence-corrected chi connectivity index (χ4v) is 3.01. The molecule has 0 saturated carbocycles. The van der Waals surface area contributed by atoms with E-state index in [1.54, 1.807) is 6.07 Å². The van der Waals surface area contributed by atoms with Crippen LogP contribution in [0.25, 0.3) is 10.9 Å². The van der Waals surface area contributed by atoms with Gasteiger partial charge >= 0.3 is 5.97 Å². The van der Waals surface area contributed by atoms with Crippen molar-refractivity contribution in [2.75, 3.05) is 19.0 Å². The third kappa shape index (κ3) is 5.04. The van der Waals surface area contributed by atoms with Crippen molar-refractivity contribution >= 4 is 39.9 Å². The third-order valence-corrected chi connectivity index (χ3v) is 4.44. The number of H-pyrrole nitrogens is 1. The molecular weight excluding hydrogens is 365 g/mol. The number of carbonyl (C=O) groups excluding carboxylic acids is 1. The Morgan fingerprint density at radius 1 is 1.22 bits per heavy atom. The lowest BCUT2D eigenvalue weighted by Gasteiger charge is -2.11. The van der Waals surface area contributed by atoms with Gasteiger partial charge in [-0.25, -0.2) is 4.39 Å². The van der Waals surface area contributed by atoms with Crippen LogP contribution in [0.15, 0.2) is 48.7 Å². The number of benzene rings is 2. The first-order valence-electron chi connectivity index (χ1n) is 8.51. The van der Waals surface area contributed by atoms with Crippen LogP contribution in [0.5, 0.6) is 0 Å². The lowest BCUT2D eigenvalue weighted by Crippen LogP contribution is -2.30. The first kappa shape index (κ1) is 18.8. The molecule has 3 aromatic rings. The van der Waals surface area contributed by atoms with Crippen molar-refractivity contribution in [2.24, 2.45) is 0 Å². The molecular formula is C20H20FN3O2S. The van der Waals surface area contributed by atoms with Crippen molar-refractivity contribution in [1.82, 2.24) is 10.3 Å². The van der Waals surface area contributed by atoms with E-state index in [1.165, 1.54) is 19.2 Å². The Kier molecular flexibility index (Phi) is 6.03. The molecule has 0 radical (unpaired) electrons. The average molecular weight is 385 g/mol. The van der Waals surface area contributed by atoms with Gasteiger partial charge in [0.1, 0.15) is 5.82 Å². The van der Waals surface area contributed by atoms with Gasteiger partial charge in [0.25, 0.3) is 0 Å². The summed E-state index contributed by atoms with van der Waals surface area (Å²) in [6.45, 7) is 0.621. The summed E-state index contributed by atoms with van der Waals surface area (Å²) in [6.07, 6.45) is 2.84. The van der Waals surface area contributed by atoms with Gasteiger partial charge in [0.2, 0.25) is 0 Å². The zero-order chi connectivity index (χ0) is 19.2. The number of nitrogens with one attached hydrogen (secondary N) is 3. The van der Waals surface area contributed by atoms with Crippen molar-refractivity contribution in [2.45, 2.75) is 12.8 Å². The van der Waals surface area contributed by atoms with Crippen molar-refractivity contribution in [3.8, 4) is 0 Å². The molecule has 2 aromatic carbocycles. The van der Waals surface area contributed by atoms with Gasteiger partial charge in [-0.15, -0.1) is 0 Å². The molecule has 1 heterocycles. The van der Waals surface area contributed by atoms with Crippen LogP contribution in [0.1, 0.15) is 11.1 Å². The zero-order valence-corrected chi connectivity index (χ0v) is 15.7. The minimum atomic E-state index is -0.273. The van der Waals surface area contributed by atoms with Gasteiger partial charge in [-0.2, -0.15) is 0 Å². The lowest BCUT2D eigenvalue weighted by atomic mass is 10.1. The number of fused-ring (bicyclic) bond motifs is 1. The fraction of sp³-hybridized carbons (Fsp3) is 0.200. The number of carbonyl (C=O) groups is 1. The summed E-state index contributed by atoms with van der Waals surface area (Å²) in [5, 5.41) is 7.63. The van der Waals surface area contributed by atoms with Crippen LogP contribution in [-0.2, 0) is 22.4 Å². The van der Waals surface area contributed by atoms with Crippen LogP contribution in [0.4, 0.5) is 10.1 Å². The largest absolute Gasteiger partial charge is 0.469 e. The number of methoxy groups -OCH3 is 1. The molecule has 27 heavy (non-hydrogen) atoms. The summed E-state index contributed by atoms with van der Waals surface area (Å²) in [4.78, 5) is 14.4. The van der Waals surface area contributed by atoms with E-state index in [2.05, 4.69) is 20.4 Å². The molecule has 0 aliphatic rings. The van der Waals surface area contributed by atoms with E-state index >= 15 is 0 Å². The van der Waals surface area contributed by atoms with Crippen LogP contribution < -0.4 is 10.6 Å². The second-order valence-electron chi connectivity index (χ2n) is 6.08. The molecule has 1 aromatic heterocycles. The maximum atomic E-state index is 13.4. The third-order valence-electron chi connectivity index (χ3n) is 4.20. The molecule has 3 rings (SSSR count). The van der Waals surface area contributed by atoms with E-state index in [1.807, 2.05) is 30.5 Å². The Bertz CT molecular complexity index is 954. The molecule has 0 aliphatic heterocycles. The van der Waals surface area contributed by atoms with Crippen LogP contribution in [0.3, 0.4) is 0 Å². The highest BCUT2D eigenvalue weighted by Gasteiger charge is 2.06. The molecule has 5 nitrogen and oxygen atoms in total. The van der Waals surface area contributed by atoms with Crippen molar-refractivity contribution < 1.29 is 13.9 Å². The zero-order valence-electron chi connectivity index (χ0n) is 14.8. The van der Waals surface area contributed by atoms with E-state index in [0.717, 1.165) is 27.7 Å². The van der Waals surface area contributed by atoms with Gasteiger partial charge < -0.3 is 20.4 Å². The number of thiocarbonyl (C=S) groups is 1. The first-order chi connectivity index (χ1) is 13.0. The Morgan fingerprint density at radius 2 is 2.00 bits per heavy atom. The molecule has 0 spiro atoms. The predicted molar refractivity (Wildman–Crippen MR) is 108 cm³/mol. The minimum absolute atomic E-state index is 0.241. The van der Waals surface area contributed by atoms with Gasteiger partial charge in [-0.3, -0.25) is 4.79 Å². The fourth-order valence-electron chi connectivity index (χ4n) is 2.79. The highest BCUT2D eigenvalue weighted by atomic mass is 32.1. The summed E-state index contributed by atoms with van der Waals surface area (Å²) in [5.74, 6) is -0.519. The number of aromatic nitrogens is 1. The number of aromatic amines is 1. The van der Waals surface area contributed by atoms with E-state index < -0.39 is 0 Å². The molecule has 0 bridgehead atoms. The monoisotopic (exact) mass is 385 g/mol. The summed E-state index contributed by atoms with van der Waals surface area (Å²) in [7, 11) is 1.37. The SMILES string of the molecule is COC(=O)Cc1ccc(NC(=S)NCCc2c[nH]c3ccc(F)cc23)cc1. The van der Waals surface area contributed by atoms with Gasteiger partial charge in [0.05, 0.1) is 13.5 Å². The smallest absolute Gasteiger partial charge is 0.309 e. The topological polar surface area (TPSA) is 66.2 Å². The second-order valence-corrected chi connectivity index (χ2v) is 6.49. The average Bonchev–Trinajstić information content (AvgIpc) is 3.05. The molecule has 3 N–H and O–H groups in total. The number of halogens is 1. The number of hydrogen-bond acceptors (Lipinski definition) is 3. The van der Waals surface area contributed by atoms with E-state index in [-0.39, 0.29) is 18.2 Å². The standard InChI is InChI=1S/C20H20FN3O2S/c1-26-19(25)10-13-2-5-16(6-3-13)24-20(27)22-9-8-14-12-23-18-7-4-15(21)11-17(14)18/h2-7,11-12,23H,8-10H2,1H3,(H2,22,24,27). The number of esters is 1. The molecule has 0 fully saturated rings. The van der Waals surface area contributed by atoms with E-state index in [9.17, 15) is 9.18 Å². The normalized spacial score (nSPS) is 10.6. The van der Waals surface area contributed by atoms with Crippen LogP contribution in [0.2, 0.25) is 0 Å². The number of hydrogen-bond donors (Lipinski definition) is 3. The lowest BCUT2D eigenvalue weighted by molar-refractivity contribution is -0.139. The van der Waals surface area contributed by atoms with E-state index in [0.29, 0.717) is 18.1 Å². The Hall–Kier alpha value is -2.93. The maximum Gasteiger partial charge on any atom is 0.309 e. The Labute approximate surface area is 161 Å². The summed E-state index contributed by atoms with van der Waals surface area (Å²) < 4.78 is 18.1. The second kappa shape index (κ2) is 8.64. The molecule has 7 heteroatoms. The number of anilines is 1.